The second kappa shape index (κ2) is 6.14. The molecule has 1 aliphatic rings. The predicted molar refractivity (Wildman–Crippen MR) is 75.6 cm³/mol. The van der Waals surface area contributed by atoms with Crippen LogP contribution < -0.4 is 9.47 Å². The van der Waals surface area contributed by atoms with Crippen LogP contribution in [-0.4, -0.2) is 19.6 Å². The number of alkyl halides is 1. The van der Waals surface area contributed by atoms with Gasteiger partial charge in [-0.3, -0.25) is 0 Å². The standard InChI is InChI=1S/C15H19ClO2/c1-17-14-8-12(9-15(10-14)18-2)11-5-3-4-6-13(16)7-11/h7-10,13H,3-6H2,1-2H3. The number of allylic oxidation sites excluding steroid dienone is 2. The molecule has 0 saturated heterocycles. The number of rotatable bonds is 3. The molecule has 1 atom stereocenters. The minimum absolute atomic E-state index is 0.139. The van der Waals surface area contributed by atoms with E-state index >= 15 is 0 Å². The molecule has 0 amide bonds. The molecule has 0 N–H and O–H groups in total. The molecule has 1 unspecified atom stereocenters. The van der Waals surface area contributed by atoms with Gasteiger partial charge in [0.05, 0.1) is 19.6 Å². The first-order chi connectivity index (χ1) is 8.72. The van der Waals surface area contributed by atoms with Crippen molar-refractivity contribution in [3.8, 4) is 11.5 Å². The van der Waals surface area contributed by atoms with E-state index in [-0.39, 0.29) is 5.38 Å². The highest BCUT2D eigenvalue weighted by atomic mass is 35.5. The average molecular weight is 267 g/mol. The van der Waals surface area contributed by atoms with E-state index < -0.39 is 0 Å². The minimum Gasteiger partial charge on any atom is -0.497 e. The molecule has 1 aromatic rings. The Morgan fingerprint density at radius 3 is 2.33 bits per heavy atom. The van der Waals surface area contributed by atoms with Crippen molar-refractivity contribution in [1.82, 2.24) is 0 Å². The molecule has 2 nitrogen and oxygen atoms in total. The van der Waals surface area contributed by atoms with Gasteiger partial charge in [0.1, 0.15) is 11.5 Å². The van der Waals surface area contributed by atoms with Crippen LogP contribution in [0.3, 0.4) is 0 Å². The van der Waals surface area contributed by atoms with Gasteiger partial charge < -0.3 is 9.47 Å². The van der Waals surface area contributed by atoms with Crippen LogP contribution in [0.1, 0.15) is 31.2 Å². The Morgan fingerprint density at radius 1 is 1.06 bits per heavy atom. The van der Waals surface area contributed by atoms with Crippen molar-refractivity contribution in [2.75, 3.05) is 14.2 Å². The summed E-state index contributed by atoms with van der Waals surface area (Å²) in [4.78, 5) is 0. The van der Waals surface area contributed by atoms with Crippen LogP contribution in [0.2, 0.25) is 0 Å². The molecular weight excluding hydrogens is 248 g/mol. The lowest BCUT2D eigenvalue weighted by atomic mass is 10.0. The van der Waals surface area contributed by atoms with Crippen LogP contribution in [0.25, 0.3) is 5.57 Å². The lowest BCUT2D eigenvalue weighted by Gasteiger charge is -2.11. The molecule has 0 fully saturated rings. The molecule has 18 heavy (non-hydrogen) atoms. The molecule has 0 spiro atoms. The van der Waals surface area contributed by atoms with Gasteiger partial charge in [-0.2, -0.15) is 0 Å². The largest absolute Gasteiger partial charge is 0.497 e. The maximum atomic E-state index is 6.27. The minimum atomic E-state index is 0.139. The fourth-order valence-electron chi connectivity index (χ4n) is 2.27. The molecular formula is C15H19ClO2. The fraction of sp³-hybridized carbons (Fsp3) is 0.467. The molecule has 0 aliphatic heterocycles. The van der Waals surface area contributed by atoms with Gasteiger partial charge in [-0.1, -0.05) is 12.5 Å². The van der Waals surface area contributed by atoms with Gasteiger partial charge in [0.2, 0.25) is 0 Å². The highest BCUT2D eigenvalue weighted by molar-refractivity contribution is 6.22. The van der Waals surface area contributed by atoms with Crippen LogP contribution in [0.15, 0.2) is 24.3 Å². The van der Waals surface area contributed by atoms with Gasteiger partial charge in [-0.05, 0) is 42.5 Å². The van der Waals surface area contributed by atoms with Crippen molar-refractivity contribution in [1.29, 1.82) is 0 Å². The molecule has 0 aromatic heterocycles. The maximum Gasteiger partial charge on any atom is 0.123 e. The van der Waals surface area contributed by atoms with E-state index in [1.165, 1.54) is 18.4 Å². The lowest BCUT2D eigenvalue weighted by molar-refractivity contribution is 0.394. The monoisotopic (exact) mass is 266 g/mol. The quantitative estimate of drug-likeness (QED) is 0.761. The molecule has 2 rings (SSSR count). The smallest absolute Gasteiger partial charge is 0.123 e. The normalized spacial score (nSPS) is 19.9. The molecule has 0 heterocycles. The third-order valence-corrected chi connectivity index (χ3v) is 3.62. The summed E-state index contributed by atoms with van der Waals surface area (Å²) in [5, 5.41) is 0.139. The fourth-order valence-corrected chi connectivity index (χ4v) is 2.58. The Morgan fingerprint density at radius 2 is 1.72 bits per heavy atom. The Bertz CT molecular complexity index is 418. The van der Waals surface area contributed by atoms with Crippen LogP contribution in [0.4, 0.5) is 0 Å². The summed E-state index contributed by atoms with van der Waals surface area (Å²) in [6.45, 7) is 0. The third kappa shape index (κ3) is 3.20. The Labute approximate surface area is 114 Å². The topological polar surface area (TPSA) is 18.5 Å². The summed E-state index contributed by atoms with van der Waals surface area (Å²) in [6.07, 6.45) is 6.68. The third-order valence-electron chi connectivity index (χ3n) is 3.28. The zero-order valence-corrected chi connectivity index (χ0v) is 11.7. The van der Waals surface area contributed by atoms with E-state index in [4.69, 9.17) is 21.1 Å². The summed E-state index contributed by atoms with van der Waals surface area (Å²) in [5.74, 6) is 1.64. The number of hydrogen-bond acceptors (Lipinski definition) is 2. The second-order valence-electron chi connectivity index (χ2n) is 4.56. The first-order valence-corrected chi connectivity index (χ1v) is 6.75. The van der Waals surface area contributed by atoms with Gasteiger partial charge in [0.25, 0.3) is 0 Å². The van der Waals surface area contributed by atoms with Crippen LogP contribution >= 0.6 is 11.6 Å². The zero-order chi connectivity index (χ0) is 13.0. The maximum absolute atomic E-state index is 6.27. The van der Waals surface area contributed by atoms with E-state index in [2.05, 4.69) is 6.08 Å². The van der Waals surface area contributed by atoms with Crippen LogP contribution in [0, 0.1) is 0 Å². The molecule has 0 saturated carbocycles. The van der Waals surface area contributed by atoms with Crippen molar-refractivity contribution in [2.45, 2.75) is 31.1 Å². The van der Waals surface area contributed by atoms with Gasteiger partial charge in [0, 0.05) is 6.07 Å². The summed E-state index contributed by atoms with van der Waals surface area (Å²) in [6, 6.07) is 5.98. The summed E-state index contributed by atoms with van der Waals surface area (Å²) >= 11 is 6.27. The van der Waals surface area contributed by atoms with Crippen molar-refractivity contribution >= 4 is 17.2 Å². The number of benzene rings is 1. The predicted octanol–water partition coefficient (Wildman–Crippen LogP) is 4.27. The van der Waals surface area contributed by atoms with Crippen LogP contribution in [0.5, 0.6) is 11.5 Å². The Hall–Kier alpha value is -1.15. The number of ether oxygens (including phenoxy) is 2. The van der Waals surface area contributed by atoms with Gasteiger partial charge in [-0.25, -0.2) is 0 Å². The van der Waals surface area contributed by atoms with Crippen molar-refractivity contribution in [2.24, 2.45) is 0 Å². The molecule has 3 heteroatoms. The summed E-state index contributed by atoms with van der Waals surface area (Å²) < 4.78 is 10.6. The first kappa shape index (κ1) is 13.3. The van der Waals surface area contributed by atoms with E-state index in [9.17, 15) is 0 Å². The molecule has 98 valence electrons. The molecule has 0 bridgehead atoms. The van der Waals surface area contributed by atoms with Gasteiger partial charge >= 0.3 is 0 Å². The second-order valence-corrected chi connectivity index (χ2v) is 5.12. The van der Waals surface area contributed by atoms with E-state index in [0.29, 0.717) is 0 Å². The zero-order valence-electron chi connectivity index (χ0n) is 10.9. The number of methoxy groups -OCH3 is 2. The number of hydrogen-bond donors (Lipinski definition) is 0. The van der Waals surface area contributed by atoms with E-state index in [1.54, 1.807) is 14.2 Å². The van der Waals surface area contributed by atoms with Crippen molar-refractivity contribution in [3.05, 3.63) is 29.8 Å². The van der Waals surface area contributed by atoms with Gasteiger partial charge in [0.15, 0.2) is 0 Å². The summed E-state index contributed by atoms with van der Waals surface area (Å²) in [5.41, 5.74) is 2.45. The molecule has 0 radical (unpaired) electrons. The first-order valence-electron chi connectivity index (χ1n) is 6.31. The SMILES string of the molecule is COc1cc(OC)cc(C2=CC(Cl)CCCC2)c1. The molecule has 1 aliphatic carbocycles. The van der Waals surface area contributed by atoms with E-state index in [0.717, 1.165) is 29.9 Å². The van der Waals surface area contributed by atoms with Gasteiger partial charge in [-0.15, -0.1) is 11.6 Å². The lowest BCUT2D eigenvalue weighted by Crippen LogP contribution is -1.93. The molecule has 1 aromatic carbocycles. The average Bonchev–Trinajstić information content (AvgIpc) is 2.62. The van der Waals surface area contributed by atoms with Crippen molar-refractivity contribution in [3.63, 3.8) is 0 Å². The number of halogens is 1. The highest BCUT2D eigenvalue weighted by Crippen LogP contribution is 2.32. The summed E-state index contributed by atoms with van der Waals surface area (Å²) in [7, 11) is 3.34. The highest BCUT2D eigenvalue weighted by Gasteiger charge is 2.12. The Balaban J connectivity index is 2.36. The van der Waals surface area contributed by atoms with Crippen LogP contribution in [-0.2, 0) is 0 Å². The van der Waals surface area contributed by atoms with Crippen molar-refractivity contribution < 1.29 is 9.47 Å². The van der Waals surface area contributed by atoms with E-state index in [1.807, 2.05) is 18.2 Å². The Kier molecular flexibility index (Phi) is 4.54.